The first-order valence-corrected chi connectivity index (χ1v) is 10.5. The van der Waals surface area contributed by atoms with Crippen LogP contribution >= 0.6 is 7.92 Å². The van der Waals surface area contributed by atoms with Gasteiger partial charge in [-0.25, -0.2) is 4.79 Å². The van der Waals surface area contributed by atoms with Crippen molar-refractivity contribution in [2.24, 2.45) is 0 Å². The van der Waals surface area contributed by atoms with E-state index in [2.05, 4.69) is 60.7 Å². The number of benzene rings is 2. The van der Waals surface area contributed by atoms with Gasteiger partial charge in [0.15, 0.2) is 0 Å². The Morgan fingerprint density at radius 2 is 1.48 bits per heavy atom. The minimum Gasteiger partial charge on any atom is -0.457 e. The third-order valence-electron chi connectivity index (χ3n) is 4.07. The second kappa shape index (κ2) is 8.50. The predicted molar refractivity (Wildman–Crippen MR) is 115 cm³/mol. The van der Waals surface area contributed by atoms with E-state index in [1.165, 1.54) is 10.6 Å². The van der Waals surface area contributed by atoms with E-state index in [4.69, 9.17) is 4.74 Å². The Kier molecular flexibility index (Phi) is 6.08. The van der Waals surface area contributed by atoms with E-state index in [-0.39, 0.29) is 11.6 Å². The lowest BCUT2D eigenvalue weighted by atomic mass is 10.1. The van der Waals surface area contributed by atoms with E-state index in [9.17, 15) is 4.79 Å². The highest BCUT2D eigenvalue weighted by Gasteiger charge is 2.27. The van der Waals surface area contributed by atoms with Crippen LogP contribution in [0, 0.1) is 0 Å². The molecular formula is C24H25O2P. The maximum atomic E-state index is 12.4. The number of carbonyl (C=O) groups is 1. The monoisotopic (exact) mass is 376 g/mol. The average molecular weight is 376 g/mol. The van der Waals surface area contributed by atoms with E-state index < -0.39 is 13.5 Å². The van der Waals surface area contributed by atoms with Crippen LogP contribution in [0.15, 0.2) is 96.6 Å². The quantitative estimate of drug-likeness (QED) is 0.432. The fraction of sp³-hybridized carbons (Fsp3) is 0.208. The maximum Gasteiger partial charge on any atom is 0.331 e. The van der Waals surface area contributed by atoms with Crippen molar-refractivity contribution in [3.63, 3.8) is 0 Å². The molecule has 0 saturated heterocycles. The summed E-state index contributed by atoms with van der Waals surface area (Å²) in [6.07, 6.45) is 9.92. The zero-order valence-corrected chi connectivity index (χ0v) is 16.9. The summed E-state index contributed by atoms with van der Waals surface area (Å²) in [4.78, 5) is 12.4. The van der Waals surface area contributed by atoms with Crippen LogP contribution in [-0.2, 0) is 9.53 Å². The predicted octanol–water partition coefficient (Wildman–Crippen LogP) is 4.88. The van der Waals surface area contributed by atoms with Gasteiger partial charge in [0, 0.05) is 11.7 Å². The van der Waals surface area contributed by atoms with Gasteiger partial charge in [0.1, 0.15) is 5.60 Å². The Morgan fingerprint density at radius 3 is 2.00 bits per heavy atom. The first-order valence-electron chi connectivity index (χ1n) is 9.13. The largest absolute Gasteiger partial charge is 0.457 e. The zero-order valence-electron chi connectivity index (χ0n) is 16.0. The van der Waals surface area contributed by atoms with Crippen molar-refractivity contribution in [2.75, 3.05) is 0 Å². The molecule has 0 spiro atoms. The second-order valence-electron chi connectivity index (χ2n) is 7.41. The molecule has 1 aliphatic rings. The summed E-state index contributed by atoms with van der Waals surface area (Å²) >= 11 is 0. The molecule has 0 aliphatic heterocycles. The molecule has 2 nitrogen and oxygen atoms in total. The molecule has 1 atom stereocenters. The number of allylic oxidation sites excluding steroid dienone is 5. The molecule has 0 aromatic heterocycles. The molecule has 1 aliphatic carbocycles. The highest BCUT2D eigenvalue weighted by atomic mass is 31.1. The molecule has 0 heterocycles. The Bertz CT molecular complexity index is 819. The molecule has 2 aromatic carbocycles. The second-order valence-corrected chi connectivity index (χ2v) is 9.74. The molecule has 0 amide bonds. The summed E-state index contributed by atoms with van der Waals surface area (Å²) in [6, 6.07) is 21.1. The lowest BCUT2D eigenvalue weighted by Crippen LogP contribution is -2.25. The Morgan fingerprint density at radius 1 is 0.926 bits per heavy atom. The summed E-state index contributed by atoms with van der Waals surface area (Å²) in [6.45, 7) is 5.66. The van der Waals surface area contributed by atoms with Gasteiger partial charge in [0.25, 0.3) is 0 Å². The number of carbonyl (C=O) groups excluding carboxylic acids is 1. The van der Waals surface area contributed by atoms with Crippen LogP contribution < -0.4 is 10.6 Å². The summed E-state index contributed by atoms with van der Waals surface area (Å²) in [7, 11) is -0.686. The molecular weight excluding hydrogens is 351 g/mol. The van der Waals surface area contributed by atoms with Crippen LogP contribution in [0.25, 0.3) is 0 Å². The summed E-state index contributed by atoms with van der Waals surface area (Å²) in [5, 5.41) is 2.58. The molecule has 3 heteroatoms. The van der Waals surface area contributed by atoms with Gasteiger partial charge in [-0.05, 0) is 44.9 Å². The SMILES string of the molecule is CC(C)(C)OC(=O)C=C1C=CC=CC1P(c1ccccc1)c1ccccc1. The molecule has 0 bridgehead atoms. The van der Waals surface area contributed by atoms with E-state index in [0.29, 0.717) is 0 Å². The number of rotatable bonds is 4. The maximum absolute atomic E-state index is 12.4. The zero-order chi connectivity index (χ0) is 19.3. The highest BCUT2D eigenvalue weighted by molar-refractivity contribution is 7.74. The number of esters is 1. The van der Waals surface area contributed by atoms with Crippen molar-refractivity contribution >= 4 is 24.5 Å². The van der Waals surface area contributed by atoms with Crippen molar-refractivity contribution in [1.29, 1.82) is 0 Å². The normalized spacial score (nSPS) is 18.1. The van der Waals surface area contributed by atoms with Crippen LogP contribution in [0.5, 0.6) is 0 Å². The lowest BCUT2D eigenvalue weighted by Gasteiger charge is -2.29. The summed E-state index contributed by atoms with van der Waals surface area (Å²) in [5.74, 6) is -0.293. The van der Waals surface area contributed by atoms with Crippen molar-refractivity contribution in [3.05, 3.63) is 96.6 Å². The standard InChI is InChI=1S/C24H25O2P/c1-24(2,3)26-23(25)18-19-12-10-11-17-22(19)27(20-13-6-4-7-14-20)21-15-8-5-9-16-21/h4-18,22H,1-3H3. The van der Waals surface area contributed by atoms with E-state index in [1.807, 2.05) is 45.1 Å². The van der Waals surface area contributed by atoms with Crippen LogP contribution in [0.4, 0.5) is 0 Å². The molecule has 2 aromatic rings. The average Bonchev–Trinajstić information content (AvgIpc) is 2.64. The van der Waals surface area contributed by atoms with Gasteiger partial charge >= 0.3 is 5.97 Å². The van der Waals surface area contributed by atoms with E-state index in [1.54, 1.807) is 6.08 Å². The smallest absolute Gasteiger partial charge is 0.331 e. The highest BCUT2D eigenvalue weighted by Crippen LogP contribution is 2.45. The topological polar surface area (TPSA) is 26.3 Å². The van der Waals surface area contributed by atoms with E-state index >= 15 is 0 Å². The summed E-state index contributed by atoms with van der Waals surface area (Å²) in [5.41, 5.74) is 0.620. The van der Waals surface area contributed by atoms with Crippen molar-refractivity contribution in [1.82, 2.24) is 0 Å². The minimum atomic E-state index is -0.686. The first kappa shape index (κ1) is 19.3. The molecule has 1 unspecified atom stereocenters. The third-order valence-corrected chi connectivity index (χ3v) is 6.81. The molecule has 3 rings (SSSR count). The number of hydrogen-bond acceptors (Lipinski definition) is 2. The molecule has 0 fully saturated rings. The molecule has 27 heavy (non-hydrogen) atoms. The van der Waals surface area contributed by atoms with Crippen molar-refractivity contribution in [2.45, 2.75) is 32.0 Å². The first-order chi connectivity index (χ1) is 12.9. The number of ether oxygens (including phenoxy) is 1. The fourth-order valence-corrected chi connectivity index (χ4v) is 5.69. The van der Waals surface area contributed by atoms with Crippen LogP contribution in [0.2, 0.25) is 0 Å². The van der Waals surface area contributed by atoms with E-state index in [0.717, 1.165) is 5.57 Å². The number of hydrogen-bond donors (Lipinski definition) is 0. The Hall–Kier alpha value is -2.44. The van der Waals surface area contributed by atoms with Gasteiger partial charge in [0.2, 0.25) is 0 Å². The minimum absolute atomic E-state index is 0.127. The lowest BCUT2D eigenvalue weighted by molar-refractivity contribution is -0.148. The van der Waals surface area contributed by atoms with Crippen molar-refractivity contribution in [3.8, 4) is 0 Å². The molecule has 0 N–H and O–H groups in total. The Labute approximate surface area is 163 Å². The van der Waals surface area contributed by atoms with Gasteiger partial charge in [-0.2, -0.15) is 0 Å². The van der Waals surface area contributed by atoms with Gasteiger partial charge in [-0.15, -0.1) is 0 Å². The fourth-order valence-electron chi connectivity index (χ4n) is 3.03. The Balaban J connectivity index is 2.01. The van der Waals surface area contributed by atoms with Gasteiger partial charge in [-0.1, -0.05) is 85.0 Å². The van der Waals surface area contributed by atoms with Crippen LogP contribution in [-0.4, -0.2) is 17.2 Å². The van der Waals surface area contributed by atoms with Crippen molar-refractivity contribution < 1.29 is 9.53 Å². The molecule has 0 radical (unpaired) electrons. The molecule has 138 valence electrons. The van der Waals surface area contributed by atoms with Gasteiger partial charge < -0.3 is 4.74 Å². The van der Waals surface area contributed by atoms with Gasteiger partial charge in [0.05, 0.1) is 0 Å². The van der Waals surface area contributed by atoms with Crippen LogP contribution in [0.1, 0.15) is 20.8 Å². The van der Waals surface area contributed by atoms with Crippen LogP contribution in [0.3, 0.4) is 0 Å². The molecule has 0 saturated carbocycles. The van der Waals surface area contributed by atoms with Gasteiger partial charge in [-0.3, -0.25) is 0 Å². The summed E-state index contributed by atoms with van der Waals surface area (Å²) < 4.78 is 5.51. The third kappa shape index (κ3) is 5.28.